The minimum Gasteiger partial charge on any atom is -0.326 e. The number of rotatable bonds is 3. The van der Waals surface area contributed by atoms with Crippen molar-refractivity contribution < 1.29 is 4.39 Å². The van der Waals surface area contributed by atoms with E-state index in [9.17, 15) is 4.39 Å². The molecule has 0 saturated carbocycles. The summed E-state index contributed by atoms with van der Waals surface area (Å²) in [6.07, 6.45) is 0. The van der Waals surface area contributed by atoms with Crippen LogP contribution >= 0.6 is 0 Å². The predicted molar refractivity (Wildman–Crippen MR) is 67.9 cm³/mol. The zero-order chi connectivity index (χ0) is 12.4. The largest absolute Gasteiger partial charge is 0.326 e. The number of halogens is 1. The van der Waals surface area contributed by atoms with E-state index in [2.05, 4.69) is 18.7 Å². The quantitative estimate of drug-likeness (QED) is 0.873. The van der Waals surface area contributed by atoms with Gasteiger partial charge in [0.25, 0.3) is 0 Å². The Bertz CT molecular complexity index is 382. The second-order valence-electron chi connectivity index (χ2n) is 5.27. The Morgan fingerprint density at radius 3 is 2.47 bits per heavy atom. The monoisotopic (exact) mass is 236 g/mol. The molecule has 2 nitrogen and oxygen atoms in total. The van der Waals surface area contributed by atoms with Gasteiger partial charge in [-0.15, -0.1) is 0 Å². The average Bonchev–Trinajstić information content (AvgIpc) is 2.58. The number of benzene rings is 1. The highest BCUT2D eigenvalue weighted by atomic mass is 19.1. The van der Waals surface area contributed by atoms with Gasteiger partial charge in [-0.25, -0.2) is 4.39 Å². The maximum atomic E-state index is 13.3. The van der Waals surface area contributed by atoms with E-state index in [0.717, 1.165) is 42.6 Å². The fourth-order valence-corrected chi connectivity index (χ4v) is 2.56. The van der Waals surface area contributed by atoms with Gasteiger partial charge in [0.1, 0.15) is 5.82 Å². The van der Waals surface area contributed by atoms with Gasteiger partial charge >= 0.3 is 0 Å². The zero-order valence-electron chi connectivity index (χ0n) is 10.6. The highest BCUT2D eigenvalue weighted by molar-refractivity contribution is 5.27. The van der Waals surface area contributed by atoms with Crippen LogP contribution in [0, 0.1) is 17.7 Å². The summed E-state index contributed by atoms with van der Waals surface area (Å²) < 4.78 is 13.3. The summed E-state index contributed by atoms with van der Waals surface area (Å²) >= 11 is 0. The van der Waals surface area contributed by atoms with Crippen molar-refractivity contribution in [3.63, 3.8) is 0 Å². The smallest absolute Gasteiger partial charge is 0.123 e. The number of hydrogen-bond acceptors (Lipinski definition) is 2. The molecule has 0 aromatic heterocycles. The van der Waals surface area contributed by atoms with Crippen molar-refractivity contribution in [3.05, 3.63) is 35.1 Å². The highest BCUT2D eigenvalue weighted by Gasteiger charge is 2.26. The Labute approximate surface area is 103 Å². The molecule has 0 bridgehead atoms. The van der Waals surface area contributed by atoms with Crippen LogP contribution in [-0.2, 0) is 13.1 Å². The maximum absolute atomic E-state index is 13.3. The van der Waals surface area contributed by atoms with E-state index in [4.69, 9.17) is 5.73 Å². The summed E-state index contributed by atoms with van der Waals surface area (Å²) in [5, 5.41) is 0. The molecule has 94 valence electrons. The van der Waals surface area contributed by atoms with Crippen molar-refractivity contribution in [1.82, 2.24) is 4.90 Å². The molecular formula is C14H21FN2. The SMILES string of the molecule is CC1CN(Cc2cc(F)ccc2CN)CC1C. The van der Waals surface area contributed by atoms with Crippen molar-refractivity contribution in [2.24, 2.45) is 17.6 Å². The third-order valence-corrected chi connectivity index (χ3v) is 3.85. The molecule has 0 spiro atoms. The second-order valence-corrected chi connectivity index (χ2v) is 5.27. The van der Waals surface area contributed by atoms with Crippen LogP contribution in [0.15, 0.2) is 18.2 Å². The van der Waals surface area contributed by atoms with Gasteiger partial charge in [0, 0.05) is 26.2 Å². The van der Waals surface area contributed by atoms with Gasteiger partial charge in [-0.05, 0) is 35.1 Å². The maximum Gasteiger partial charge on any atom is 0.123 e. The van der Waals surface area contributed by atoms with E-state index in [0.29, 0.717) is 6.54 Å². The zero-order valence-corrected chi connectivity index (χ0v) is 10.6. The fraction of sp³-hybridized carbons (Fsp3) is 0.571. The second kappa shape index (κ2) is 5.15. The van der Waals surface area contributed by atoms with Gasteiger partial charge in [0.05, 0.1) is 0 Å². The van der Waals surface area contributed by atoms with Gasteiger partial charge < -0.3 is 5.73 Å². The van der Waals surface area contributed by atoms with Gasteiger partial charge in [-0.3, -0.25) is 4.90 Å². The van der Waals surface area contributed by atoms with Gasteiger partial charge in [-0.2, -0.15) is 0 Å². The minimum absolute atomic E-state index is 0.169. The highest BCUT2D eigenvalue weighted by Crippen LogP contribution is 2.24. The Balaban J connectivity index is 2.10. The minimum atomic E-state index is -0.169. The van der Waals surface area contributed by atoms with E-state index < -0.39 is 0 Å². The summed E-state index contributed by atoms with van der Waals surface area (Å²) in [5.74, 6) is 1.28. The van der Waals surface area contributed by atoms with Crippen LogP contribution in [0.5, 0.6) is 0 Å². The first-order chi connectivity index (χ1) is 8.10. The average molecular weight is 236 g/mol. The summed E-state index contributed by atoms with van der Waals surface area (Å²) in [6, 6.07) is 4.91. The molecule has 1 saturated heterocycles. The molecule has 3 heteroatoms. The van der Waals surface area contributed by atoms with Gasteiger partial charge in [0.15, 0.2) is 0 Å². The molecule has 1 fully saturated rings. The molecule has 0 radical (unpaired) electrons. The lowest BCUT2D eigenvalue weighted by molar-refractivity contribution is 0.314. The molecule has 1 aromatic carbocycles. The first-order valence-electron chi connectivity index (χ1n) is 6.30. The van der Waals surface area contributed by atoms with Crippen LogP contribution in [0.3, 0.4) is 0 Å². The van der Waals surface area contributed by atoms with E-state index in [-0.39, 0.29) is 5.82 Å². The lowest BCUT2D eigenvalue weighted by atomic mass is 10.0. The molecule has 0 amide bonds. The summed E-state index contributed by atoms with van der Waals surface area (Å²) in [7, 11) is 0. The van der Waals surface area contributed by atoms with Gasteiger partial charge in [-0.1, -0.05) is 19.9 Å². The van der Waals surface area contributed by atoms with Crippen LogP contribution in [-0.4, -0.2) is 18.0 Å². The van der Waals surface area contributed by atoms with Crippen molar-refractivity contribution in [3.8, 4) is 0 Å². The van der Waals surface area contributed by atoms with Crippen molar-refractivity contribution in [2.75, 3.05) is 13.1 Å². The molecule has 2 N–H and O–H groups in total. The fourth-order valence-electron chi connectivity index (χ4n) is 2.56. The lowest BCUT2D eigenvalue weighted by Gasteiger charge is -2.17. The number of hydrogen-bond donors (Lipinski definition) is 1. The normalized spacial score (nSPS) is 25.4. The Kier molecular flexibility index (Phi) is 3.79. The summed E-state index contributed by atoms with van der Waals surface area (Å²) in [6.45, 7) is 8.05. The Hall–Kier alpha value is -0.930. The van der Waals surface area contributed by atoms with Gasteiger partial charge in [0.2, 0.25) is 0 Å². The molecular weight excluding hydrogens is 215 g/mol. The predicted octanol–water partition coefficient (Wildman–Crippen LogP) is 2.37. The number of likely N-dealkylation sites (tertiary alicyclic amines) is 1. The third kappa shape index (κ3) is 2.85. The van der Waals surface area contributed by atoms with Crippen LogP contribution < -0.4 is 5.73 Å². The molecule has 17 heavy (non-hydrogen) atoms. The van der Waals surface area contributed by atoms with E-state index >= 15 is 0 Å². The van der Waals surface area contributed by atoms with Crippen LogP contribution in [0.2, 0.25) is 0 Å². The Morgan fingerprint density at radius 2 is 1.88 bits per heavy atom. The number of nitrogens with zero attached hydrogens (tertiary/aromatic N) is 1. The first-order valence-corrected chi connectivity index (χ1v) is 6.30. The Morgan fingerprint density at radius 1 is 1.24 bits per heavy atom. The summed E-state index contributed by atoms with van der Waals surface area (Å²) in [4.78, 5) is 2.39. The molecule has 2 atom stereocenters. The lowest BCUT2D eigenvalue weighted by Crippen LogP contribution is -2.21. The molecule has 0 aliphatic carbocycles. The van der Waals surface area contributed by atoms with Crippen molar-refractivity contribution in [1.29, 1.82) is 0 Å². The molecule has 1 aromatic rings. The van der Waals surface area contributed by atoms with Crippen LogP contribution in [0.1, 0.15) is 25.0 Å². The van der Waals surface area contributed by atoms with Crippen LogP contribution in [0.4, 0.5) is 4.39 Å². The molecule has 1 aliphatic heterocycles. The first kappa shape index (κ1) is 12.5. The number of nitrogens with two attached hydrogens (primary N) is 1. The summed E-state index contributed by atoms with van der Waals surface area (Å²) in [5.41, 5.74) is 7.78. The standard InChI is InChI=1S/C14H21FN2/c1-10-7-17(8-11(10)2)9-13-5-14(15)4-3-12(13)6-16/h3-5,10-11H,6-9,16H2,1-2H3. The van der Waals surface area contributed by atoms with Crippen molar-refractivity contribution in [2.45, 2.75) is 26.9 Å². The van der Waals surface area contributed by atoms with E-state index in [1.165, 1.54) is 6.07 Å². The van der Waals surface area contributed by atoms with E-state index in [1.807, 2.05) is 0 Å². The van der Waals surface area contributed by atoms with E-state index in [1.54, 1.807) is 12.1 Å². The molecule has 2 unspecified atom stereocenters. The molecule has 1 aliphatic rings. The molecule has 1 heterocycles. The third-order valence-electron chi connectivity index (χ3n) is 3.85. The topological polar surface area (TPSA) is 29.3 Å². The van der Waals surface area contributed by atoms with Crippen molar-refractivity contribution >= 4 is 0 Å². The molecule has 2 rings (SSSR count). The van der Waals surface area contributed by atoms with Crippen LogP contribution in [0.25, 0.3) is 0 Å².